The molecule has 1 saturated heterocycles. The first-order valence-corrected chi connectivity index (χ1v) is 6.20. The highest BCUT2D eigenvalue weighted by Crippen LogP contribution is 2.14. The van der Waals surface area contributed by atoms with E-state index in [-0.39, 0.29) is 11.9 Å². The molecule has 1 aliphatic rings. The molecular formula is C13H20N2O2. The molecule has 0 radical (unpaired) electrons. The molecule has 1 amide bonds. The number of likely N-dealkylation sites (N-methyl/N-ethyl adjacent to an activating group) is 1. The summed E-state index contributed by atoms with van der Waals surface area (Å²) in [7, 11) is 1.85. The van der Waals surface area contributed by atoms with Crippen LogP contribution in [0.1, 0.15) is 30.6 Å². The van der Waals surface area contributed by atoms with E-state index in [1.54, 1.807) is 11.2 Å². The predicted octanol–water partition coefficient (Wildman–Crippen LogP) is 1.69. The molecule has 0 aliphatic carbocycles. The Kier molecular flexibility index (Phi) is 3.84. The minimum Gasteiger partial charge on any atom is -0.469 e. The van der Waals surface area contributed by atoms with Crippen molar-refractivity contribution in [1.29, 1.82) is 0 Å². The van der Waals surface area contributed by atoms with Gasteiger partial charge in [-0.25, -0.2) is 0 Å². The van der Waals surface area contributed by atoms with Gasteiger partial charge in [-0.2, -0.15) is 0 Å². The second-order valence-corrected chi connectivity index (χ2v) is 4.70. The van der Waals surface area contributed by atoms with Crippen LogP contribution in [0.3, 0.4) is 0 Å². The fourth-order valence-corrected chi connectivity index (χ4v) is 2.24. The largest absolute Gasteiger partial charge is 0.469 e. The standard InChI is InChI=1S/C13H20N2O2/c1-10-11(6-8-17-10)9-15(2)13(16)12-5-3-4-7-14-12/h6,8,12,14H,3-5,7,9H2,1-2H3. The molecule has 0 saturated carbocycles. The highest BCUT2D eigenvalue weighted by atomic mass is 16.3. The Morgan fingerprint density at radius 2 is 2.41 bits per heavy atom. The molecule has 94 valence electrons. The molecule has 0 bridgehead atoms. The Balaban J connectivity index is 1.93. The topological polar surface area (TPSA) is 45.5 Å². The second kappa shape index (κ2) is 5.36. The summed E-state index contributed by atoms with van der Waals surface area (Å²) in [5.41, 5.74) is 1.08. The number of carbonyl (C=O) groups is 1. The van der Waals surface area contributed by atoms with Gasteiger partial charge in [0, 0.05) is 19.2 Å². The molecule has 4 heteroatoms. The molecule has 1 aromatic heterocycles. The predicted molar refractivity (Wildman–Crippen MR) is 65.6 cm³/mol. The van der Waals surface area contributed by atoms with Crippen LogP contribution in [-0.4, -0.2) is 30.4 Å². The zero-order valence-electron chi connectivity index (χ0n) is 10.5. The van der Waals surface area contributed by atoms with Crippen molar-refractivity contribution in [3.8, 4) is 0 Å². The summed E-state index contributed by atoms with van der Waals surface area (Å²) in [6, 6.07) is 1.92. The zero-order valence-corrected chi connectivity index (χ0v) is 10.5. The van der Waals surface area contributed by atoms with Gasteiger partial charge in [0.2, 0.25) is 5.91 Å². The maximum atomic E-state index is 12.2. The summed E-state index contributed by atoms with van der Waals surface area (Å²) in [6.07, 6.45) is 4.94. The lowest BCUT2D eigenvalue weighted by Crippen LogP contribution is -2.47. The maximum Gasteiger partial charge on any atom is 0.239 e. The van der Waals surface area contributed by atoms with Crippen LogP contribution in [0, 0.1) is 6.92 Å². The molecule has 2 heterocycles. The number of amides is 1. The van der Waals surface area contributed by atoms with E-state index in [2.05, 4.69) is 5.32 Å². The van der Waals surface area contributed by atoms with Crippen LogP contribution >= 0.6 is 0 Å². The minimum absolute atomic E-state index is 0.000886. The molecule has 17 heavy (non-hydrogen) atoms. The van der Waals surface area contributed by atoms with E-state index in [1.807, 2.05) is 20.0 Å². The van der Waals surface area contributed by atoms with Crippen LogP contribution in [-0.2, 0) is 11.3 Å². The van der Waals surface area contributed by atoms with Crippen molar-refractivity contribution < 1.29 is 9.21 Å². The van der Waals surface area contributed by atoms with Crippen molar-refractivity contribution in [2.75, 3.05) is 13.6 Å². The first-order valence-electron chi connectivity index (χ1n) is 6.20. The van der Waals surface area contributed by atoms with E-state index in [0.29, 0.717) is 6.54 Å². The molecule has 1 N–H and O–H groups in total. The Hall–Kier alpha value is -1.29. The number of carbonyl (C=O) groups excluding carboxylic acids is 1. The van der Waals surface area contributed by atoms with E-state index in [0.717, 1.165) is 30.7 Å². The zero-order chi connectivity index (χ0) is 12.3. The van der Waals surface area contributed by atoms with Gasteiger partial charge in [0.05, 0.1) is 12.3 Å². The Labute approximate surface area is 102 Å². The van der Waals surface area contributed by atoms with Crippen molar-refractivity contribution >= 4 is 5.91 Å². The average Bonchev–Trinajstić information content (AvgIpc) is 2.75. The van der Waals surface area contributed by atoms with Gasteiger partial charge in [-0.1, -0.05) is 6.42 Å². The number of hydrogen-bond donors (Lipinski definition) is 1. The molecule has 1 aliphatic heterocycles. The lowest BCUT2D eigenvalue weighted by atomic mass is 10.0. The van der Waals surface area contributed by atoms with Gasteiger partial charge < -0.3 is 14.6 Å². The first kappa shape index (κ1) is 12.2. The van der Waals surface area contributed by atoms with Gasteiger partial charge >= 0.3 is 0 Å². The third-order valence-corrected chi connectivity index (χ3v) is 3.36. The molecule has 0 aromatic carbocycles. The number of nitrogens with one attached hydrogen (secondary N) is 1. The summed E-state index contributed by atoms with van der Waals surface area (Å²) >= 11 is 0. The van der Waals surface area contributed by atoms with Crippen molar-refractivity contribution in [3.63, 3.8) is 0 Å². The van der Waals surface area contributed by atoms with Crippen molar-refractivity contribution in [2.24, 2.45) is 0 Å². The van der Waals surface area contributed by atoms with Crippen molar-refractivity contribution in [2.45, 2.75) is 38.8 Å². The molecule has 4 nitrogen and oxygen atoms in total. The normalized spacial score (nSPS) is 20.2. The van der Waals surface area contributed by atoms with E-state index in [9.17, 15) is 4.79 Å². The van der Waals surface area contributed by atoms with Crippen LogP contribution in [0.25, 0.3) is 0 Å². The summed E-state index contributed by atoms with van der Waals surface area (Å²) in [4.78, 5) is 13.9. The Bertz CT molecular complexity index is 381. The molecule has 1 aromatic rings. The van der Waals surface area contributed by atoms with Crippen LogP contribution < -0.4 is 5.32 Å². The third kappa shape index (κ3) is 2.88. The first-order chi connectivity index (χ1) is 8.18. The molecule has 2 rings (SSSR count). The Morgan fingerprint density at radius 1 is 1.59 bits per heavy atom. The average molecular weight is 236 g/mol. The molecule has 1 fully saturated rings. The highest BCUT2D eigenvalue weighted by Gasteiger charge is 2.23. The monoisotopic (exact) mass is 236 g/mol. The Morgan fingerprint density at radius 3 is 3.00 bits per heavy atom. The number of rotatable bonds is 3. The maximum absolute atomic E-state index is 12.2. The van der Waals surface area contributed by atoms with Gasteiger partial charge in [0.15, 0.2) is 0 Å². The lowest BCUT2D eigenvalue weighted by molar-refractivity contribution is -0.133. The second-order valence-electron chi connectivity index (χ2n) is 4.70. The van der Waals surface area contributed by atoms with E-state index >= 15 is 0 Å². The summed E-state index contributed by atoms with van der Waals surface area (Å²) < 4.78 is 5.24. The molecular weight excluding hydrogens is 216 g/mol. The van der Waals surface area contributed by atoms with Crippen LogP contribution in [0.4, 0.5) is 0 Å². The fourth-order valence-electron chi connectivity index (χ4n) is 2.24. The van der Waals surface area contributed by atoms with Crippen LogP contribution in [0.2, 0.25) is 0 Å². The summed E-state index contributed by atoms with van der Waals surface area (Å²) in [5.74, 6) is 1.08. The number of hydrogen-bond acceptors (Lipinski definition) is 3. The van der Waals surface area contributed by atoms with E-state index in [4.69, 9.17) is 4.42 Å². The minimum atomic E-state index is 0.000886. The van der Waals surface area contributed by atoms with Crippen molar-refractivity contribution in [3.05, 3.63) is 23.7 Å². The van der Waals surface area contributed by atoms with E-state index in [1.165, 1.54) is 6.42 Å². The van der Waals surface area contributed by atoms with Crippen LogP contribution in [0.15, 0.2) is 16.7 Å². The van der Waals surface area contributed by atoms with Crippen LogP contribution in [0.5, 0.6) is 0 Å². The summed E-state index contributed by atoms with van der Waals surface area (Å²) in [6.45, 7) is 3.50. The number of aryl methyl sites for hydroxylation is 1. The van der Waals surface area contributed by atoms with Gasteiger partial charge in [0.1, 0.15) is 5.76 Å². The number of furan rings is 1. The molecule has 1 unspecified atom stereocenters. The van der Waals surface area contributed by atoms with Gasteiger partial charge in [-0.15, -0.1) is 0 Å². The molecule has 1 atom stereocenters. The van der Waals surface area contributed by atoms with Gasteiger partial charge in [-0.05, 0) is 32.4 Å². The SMILES string of the molecule is Cc1occc1CN(C)C(=O)C1CCCCN1. The number of nitrogens with zero attached hydrogens (tertiary/aromatic N) is 1. The van der Waals surface area contributed by atoms with E-state index < -0.39 is 0 Å². The van der Waals surface area contributed by atoms with Crippen molar-refractivity contribution in [1.82, 2.24) is 10.2 Å². The lowest BCUT2D eigenvalue weighted by Gasteiger charge is -2.27. The summed E-state index contributed by atoms with van der Waals surface area (Å²) in [5, 5.41) is 3.28. The molecule has 0 spiro atoms. The van der Waals surface area contributed by atoms with Gasteiger partial charge in [0.25, 0.3) is 0 Å². The smallest absolute Gasteiger partial charge is 0.239 e. The number of piperidine rings is 1. The fraction of sp³-hybridized carbons (Fsp3) is 0.615. The quantitative estimate of drug-likeness (QED) is 0.868. The van der Waals surface area contributed by atoms with Gasteiger partial charge in [-0.3, -0.25) is 4.79 Å². The third-order valence-electron chi connectivity index (χ3n) is 3.36. The highest BCUT2D eigenvalue weighted by molar-refractivity contribution is 5.81.